The van der Waals surface area contributed by atoms with Crippen molar-refractivity contribution in [1.82, 2.24) is 4.31 Å². The highest BCUT2D eigenvalue weighted by Gasteiger charge is 2.36. The third-order valence-electron chi connectivity index (χ3n) is 3.66. The summed E-state index contributed by atoms with van der Waals surface area (Å²) in [4.78, 5) is 9.93. The number of nitrogen functional groups attached to an aromatic ring is 1. The van der Waals surface area contributed by atoms with Gasteiger partial charge in [-0.1, -0.05) is 6.92 Å². The van der Waals surface area contributed by atoms with Crippen molar-refractivity contribution in [2.24, 2.45) is 11.8 Å². The van der Waals surface area contributed by atoms with Crippen molar-refractivity contribution in [2.75, 3.05) is 19.3 Å². The molecule has 1 fully saturated rings. The zero-order valence-corrected chi connectivity index (χ0v) is 12.1. The van der Waals surface area contributed by atoms with Gasteiger partial charge in [-0.2, -0.15) is 0 Å². The molecule has 0 radical (unpaired) electrons. The standard InChI is InChI=1S/C12H17N3O4S/c1-8-5-9(8)7-14(2)20(18,19)12-4-3-10(15(16)17)6-11(12)13/h3-4,6,8-9H,5,7,13H2,1-2H3. The molecule has 1 aromatic rings. The molecule has 110 valence electrons. The van der Waals surface area contributed by atoms with E-state index in [-0.39, 0.29) is 16.3 Å². The van der Waals surface area contributed by atoms with E-state index >= 15 is 0 Å². The van der Waals surface area contributed by atoms with Gasteiger partial charge in [0.2, 0.25) is 10.0 Å². The zero-order valence-electron chi connectivity index (χ0n) is 11.3. The van der Waals surface area contributed by atoms with Gasteiger partial charge in [-0.25, -0.2) is 12.7 Å². The quantitative estimate of drug-likeness (QED) is 0.503. The number of nitro benzene ring substituents is 1. The largest absolute Gasteiger partial charge is 0.397 e. The van der Waals surface area contributed by atoms with E-state index in [9.17, 15) is 18.5 Å². The van der Waals surface area contributed by atoms with Crippen LogP contribution in [0.4, 0.5) is 11.4 Å². The first kappa shape index (κ1) is 14.7. The molecule has 2 unspecified atom stereocenters. The molecule has 1 aliphatic carbocycles. The number of anilines is 1. The molecule has 0 spiro atoms. The minimum Gasteiger partial charge on any atom is -0.397 e. The van der Waals surface area contributed by atoms with E-state index < -0.39 is 14.9 Å². The number of hydrogen-bond donors (Lipinski definition) is 1. The second-order valence-electron chi connectivity index (χ2n) is 5.24. The molecule has 0 amide bonds. The van der Waals surface area contributed by atoms with E-state index in [2.05, 4.69) is 6.92 Å². The predicted octanol–water partition coefficient (Wildman–Crippen LogP) is 1.45. The highest BCUT2D eigenvalue weighted by molar-refractivity contribution is 7.89. The van der Waals surface area contributed by atoms with Gasteiger partial charge >= 0.3 is 0 Å². The van der Waals surface area contributed by atoms with Crippen LogP contribution in [0.3, 0.4) is 0 Å². The van der Waals surface area contributed by atoms with Gasteiger partial charge in [0, 0.05) is 25.7 Å². The molecule has 2 rings (SSSR count). The average molecular weight is 299 g/mol. The van der Waals surface area contributed by atoms with E-state index in [0.29, 0.717) is 18.4 Å². The van der Waals surface area contributed by atoms with Crippen LogP contribution in [0.25, 0.3) is 0 Å². The lowest BCUT2D eigenvalue weighted by atomic mass is 10.3. The van der Waals surface area contributed by atoms with E-state index in [4.69, 9.17) is 5.73 Å². The van der Waals surface area contributed by atoms with Crippen LogP contribution < -0.4 is 5.73 Å². The van der Waals surface area contributed by atoms with Gasteiger partial charge in [-0.15, -0.1) is 0 Å². The van der Waals surface area contributed by atoms with Crippen molar-refractivity contribution in [3.63, 3.8) is 0 Å². The van der Waals surface area contributed by atoms with Crippen molar-refractivity contribution in [3.05, 3.63) is 28.3 Å². The van der Waals surface area contributed by atoms with E-state index in [0.717, 1.165) is 18.6 Å². The monoisotopic (exact) mass is 299 g/mol. The van der Waals surface area contributed by atoms with Crippen molar-refractivity contribution < 1.29 is 13.3 Å². The molecule has 1 aromatic carbocycles. The lowest BCUT2D eigenvalue weighted by Gasteiger charge is -2.18. The number of sulfonamides is 1. The lowest BCUT2D eigenvalue weighted by molar-refractivity contribution is -0.384. The summed E-state index contributed by atoms with van der Waals surface area (Å²) in [6.45, 7) is 2.52. The zero-order chi connectivity index (χ0) is 15.1. The first-order chi connectivity index (χ1) is 9.23. The SMILES string of the molecule is CC1CC1CN(C)S(=O)(=O)c1ccc([N+](=O)[O-])cc1N. The summed E-state index contributed by atoms with van der Waals surface area (Å²) >= 11 is 0. The average Bonchev–Trinajstić information content (AvgIpc) is 3.04. The summed E-state index contributed by atoms with van der Waals surface area (Å²) in [5, 5.41) is 10.6. The van der Waals surface area contributed by atoms with Gasteiger partial charge in [0.25, 0.3) is 5.69 Å². The molecule has 0 aromatic heterocycles. The predicted molar refractivity (Wildman–Crippen MR) is 74.6 cm³/mol. The summed E-state index contributed by atoms with van der Waals surface area (Å²) < 4.78 is 26.0. The number of nitro groups is 1. The molecule has 1 aliphatic rings. The Morgan fingerprint density at radius 3 is 2.55 bits per heavy atom. The fourth-order valence-corrected chi connectivity index (χ4v) is 3.45. The number of benzene rings is 1. The lowest BCUT2D eigenvalue weighted by Crippen LogP contribution is -2.29. The molecule has 0 heterocycles. The van der Waals surface area contributed by atoms with Crippen LogP contribution in [0.15, 0.2) is 23.1 Å². The van der Waals surface area contributed by atoms with Crippen molar-refractivity contribution >= 4 is 21.4 Å². The molecule has 2 atom stereocenters. The maximum atomic E-state index is 12.4. The molecule has 2 N–H and O–H groups in total. The van der Waals surface area contributed by atoms with E-state index in [1.165, 1.54) is 17.4 Å². The van der Waals surface area contributed by atoms with Crippen LogP contribution in [-0.2, 0) is 10.0 Å². The Kier molecular flexibility index (Phi) is 3.70. The molecule has 0 saturated heterocycles. The molecule has 0 bridgehead atoms. The van der Waals surface area contributed by atoms with E-state index in [1.54, 1.807) is 0 Å². The minimum absolute atomic E-state index is 0.0843. The van der Waals surface area contributed by atoms with Crippen LogP contribution in [0, 0.1) is 22.0 Å². The minimum atomic E-state index is -3.70. The fourth-order valence-electron chi connectivity index (χ4n) is 2.13. The van der Waals surface area contributed by atoms with Crippen LogP contribution in [-0.4, -0.2) is 31.2 Å². The van der Waals surface area contributed by atoms with Crippen molar-refractivity contribution in [3.8, 4) is 0 Å². The third-order valence-corrected chi connectivity index (χ3v) is 5.56. The normalized spacial score (nSPS) is 21.9. The van der Waals surface area contributed by atoms with E-state index in [1.807, 2.05) is 0 Å². The summed E-state index contributed by atoms with van der Waals surface area (Å²) in [6, 6.07) is 3.41. The number of rotatable bonds is 5. The number of non-ortho nitro benzene ring substituents is 1. The van der Waals surface area contributed by atoms with Gasteiger partial charge in [-0.05, 0) is 24.3 Å². The molecule has 1 saturated carbocycles. The molecular formula is C12H17N3O4S. The number of nitrogens with zero attached hydrogens (tertiary/aromatic N) is 2. The third kappa shape index (κ3) is 2.75. The van der Waals surface area contributed by atoms with Crippen LogP contribution in [0.1, 0.15) is 13.3 Å². The summed E-state index contributed by atoms with van der Waals surface area (Å²) in [5.41, 5.74) is 5.32. The van der Waals surface area contributed by atoms with Gasteiger partial charge in [0.05, 0.1) is 10.6 Å². The van der Waals surface area contributed by atoms with Crippen molar-refractivity contribution in [1.29, 1.82) is 0 Å². The topological polar surface area (TPSA) is 107 Å². The van der Waals surface area contributed by atoms with Gasteiger partial charge in [-0.3, -0.25) is 10.1 Å². The molecule has 7 nitrogen and oxygen atoms in total. The van der Waals surface area contributed by atoms with Crippen LogP contribution in [0.2, 0.25) is 0 Å². The van der Waals surface area contributed by atoms with Crippen molar-refractivity contribution in [2.45, 2.75) is 18.2 Å². The maximum absolute atomic E-state index is 12.4. The smallest absolute Gasteiger partial charge is 0.271 e. The Bertz CT molecular complexity index is 644. The molecule has 8 heteroatoms. The summed E-state index contributed by atoms with van der Waals surface area (Å²) in [7, 11) is -2.20. The highest BCUT2D eigenvalue weighted by Crippen LogP contribution is 2.39. The molecular weight excluding hydrogens is 282 g/mol. The first-order valence-electron chi connectivity index (χ1n) is 6.23. The Hall–Kier alpha value is -1.67. The number of hydrogen-bond acceptors (Lipinski definition) is 5. The molecule has 20 heavy (non-hydrogen) atoms. The Balaban J connectivity index is 2.27. The summed E-state index contributed by atoms with van der Waals surface area (Å²) in [6.07, 6.45) is 1.02. The second kappa shape index (κ2) is 5.02. The second-order valence-corrected chi connectivity index (χ2v) is 7.25. The maximum Gasteiger partial charge on any atom is 0.271 e. The van der Waals surface area contributed by atoms with Gasteiger partial charge in [0.15, 0.2) is 0 Å². The fraction of sp³-hybridized carbons (Fsp3) is 0.500. The number of nitrogens with two attached hydrogens (primary N) is 1. The Morgan fingerprint density at radius 2 is 2.10 bits per heavy atom. The Morgan fingerprint density at radius 1 is 1.50 bits per heavy atom. The van der Waals surface area contributed by atoms with Gasteiger partial charge in [0.1, 0.15) is 4.90 Å². The Labute approximate surface area is 117 Å². The first-order valence-corrected chi connectivity index (χ1v) is 7.67. The van der Waals surface area contributed by atoms with Gasteiger partial charge < -0.3 is 5.73 Å². The van der Waals surface area contributed by atoms with Crippen LogP contribution in [0.5, 0.6) is 0 Å². The van der Waals surface area contributed by atoms with Crippen LogP contribution >= 0.6 is 0 Å². The summed E-state index contributed by atoms with van der Waals surface area (Å²) in [5.74, 6) is 0.927. The molecule has 0 aliphatic heterocycles. The highest BCUT2D eigenvalue weighted by atomic mass is 32.2.